The van der Waals surface area contributed by atoms with Gasteiger partial charge in [-0.3, -0.25) is 14.5 Å². The van der Waals surface area contributed by atoms with E-state index in [1.807, 2.05) is 91.0 Å². The number of tetrazole rings is 1. The number of carbonyl (C=O) groups is 4. The number of hydrogen-bond acceptors (Lipinski definition) is 16. The predicted molar refractivity (Wildman–Crippen MR) is 222 cm³/mol. The first-order chi connectivity index (χ1) is 28.4. The van der Waals surface area contributed by atoms with E-state index in [1.165, 1.54) is 23.1 Å². The number of benzene rings is 3. The number of rotatable bonds is 15. The highest BCUT2D eigenvalue weighted by Gasteiger charge is 2.54. The summed E-state index contributed by atoms with van der Waals surface area (Å²) in [4.78, 5) is 65.0. The standard InChI is InChI=1S/C39H38N10O7S3/c1-38(2,3)56-28(50)19-55-45-29(32(51)42-30-33(52)48-31(35(53)54)23(20-57-34(30)48)21-59-37-44-46-47-49(37)40)27-22-58-36(41-27)43-39(24-13-7-4-8-14-24,25-15-9-5-10-16-25)26-17-11-6-12-18-26/h4-18,22,30,34H,19-21,40H2,1-3H3,(H,41,43)(H,42,51)(H,53,54)/b45-29+/t30-,34-/m1/s1. The minimum absolute atomic E-state index is 0.0925. The second-order valence-corrected chi connectivity index (χ2v) is 17.0. The molecule has 4 heterocycles. The van der Waals surface area contributed by atoms with Crippen LogP contribution in [0.2, 0.25) is 0 Å². The highest BCUT2D eigenvalue weighted by molar-refractivity contribution is 8.01. The van der Waals surface area contributed by atoms with Gasteiger partial charge in [-0.2, -0.15) is 0 Å². The fourth-order valence-electron chi connectivity index (χ4n) is 6.54. The van der Waals surface area contributed by atoms with Crippen molar-refractivity contribution in [1.82, 2.24) is 35.5 Å². The molecule has 304 valence electrons. The van der Waals surface area contributed by atoms with Gasteiger partial charge in [0, 0.05) is 16.9 Å². The third kappa shape index (κ3) is 8.78. The Morgan fingerprint density at radius 2 is 1.59 bits per heavy atom. The molecule has 3 aromatic carbocycles. The summed E-state index contributed by atoms with van der Waals surface area (Å²) in [7, 11) is 0. The number of thioether (sulfide) groups is 2. The summed E-state index contributed by atoms with van der Waals surface area (Å²) in [6.45, 7) is 4.50. The number of anilines is 1. The molecule has 59 heavy (non-hydrogen) atoms. The third-order valence-electron chi connectivity index (χ3n) is 9.01. The fraction of sp³-hybridized carbons (Fsp3) is 0.256. The zero-order valence-corrected chi connectivity index (χ0v) is 34.3. The Hall–Kier alpha value is -6.25. The van der Waals surface area contributed by atoms with Crippen molar-refractivity contribution in [3.8, 4) is 0 Å². The van der Waals surface area contributed by atoms with Gasteiger partial charge < -0.3 is 31.2 Å². The number of fused-ring (bicyclic) bond motifs is 1. The van der Waals surface area contributed by atoms with Crippen molar-refractivity contribution in [1.29, 1.82) is 0 Å². The highest BCUT2D eigenvalue weighted by atomic mass is 32.2. The number of hydrogen-bond donors (Lipinski definition) is 4. The van der Waals surface area contributed by atoms with Crippen LogP contribution in [0.1, 0.15) is 43.2 Å². The Morgan fingerprint density at radius 3 is 2.14 bits per heavy atom. The normalized spacial score (nSPS) is 16.8. The second-order valence-electron chi connectivity index (χ2n) is 14.1. The molecule has 2 amide bonds. The van der Waals surface area contributed by atoms with Gasteiger partial charge in [-0.1, -0.05) is 113 Å². The lowest BCUT2D eigenvalue weighted by Gasteiger charge is -2.49. The van der Waals surface area contributed by atoms with Crippen LogP contribution in [0.15, 0.2) is 118 Å². The number of nitrogen functional groups attached to an aromatic ring is 1. The molecule has 20 heteroatoms. The van der Waals surface area contributed by atoms with E-state index in [9.17, 15) is 24.3 Å². The molecule has 5 aromatic rings. The number of oxime groups is 1. The van der Waals surface area contributed by atoms with Gasteiger partial charge in [-0.25, -0.2) is 14.6 Å². The number of ether oxygens (including phenoxy) is 1. The summed E-state index contributed by atoms with van der Waals surface area (Å²) in [5.41, 5.74) is 1.10. The topological polar surface area (TPSA) is 229 Å². The van der Waals surface area contributed by atoms with Crippen molar-refractivity contribution < 1.29 is 33.9 Å². The van der Waals surface area contributed by atoms with Crippen molar-refractivity contribution in [3.63, 3.8) is 0 Å². The molecule has 0 unspecified atom stereocenters. The second kappa shape index (κ2) is 17.3. The van der Waals surface area contributed by atoms with E-state index in [4.69, 9.17) is 20.4 Å². The van der Waals surface area contributed by atoms with E-state index in [0.717, 1.165) is 38.1 Å². The van der Waals surface area contributed by atoms with Crippen LogP contribution in [0.3, 0.4) is 0 Å². The van der Waals surface area contributed by atoms with Gasteiger partial charge in [0.05, 0.1) is 0 Å². The number of thiazole rings is 1. The molecule has 7 rings (SSSR count). The number of carboxylic acid groups (broad SMARTS) is 1. The third-order valence-corrected chi connectivity index (χ3v) is 12.1. The maximum absolute atomic E-state index is 14.1. The number of aromatic nitrogens is 5. The monoisotopic (exact) mass is 854 g/mol. The lowest BCUT2D eigenvalue weighted by atomic mass is 9.77. The number of aliphatic carboxylic acids is 1. The predicted octanol–water partition coefficient (Wildman–Crippen LogP) is 3.84. The van der Waals surface area contributed by atoms with Gasteiger partial charge in [0.25, 0.3) is 11.8 Å². The Balaban J connectivity index is 1.17. The first kappa shape index (κ1) is 40.9. The van der Waals surface area contributed by atoms with Crippen LogP contribution < -0.4 is 16.5 Å². The van der Waals surface area contributed by atoms with E-state index in [-0.39, 0.29) is 33.8 Å². The smallest absolute Gasteiger partial charge is 0.352 e. The summed E-state index contributed by atoms with van der Waals surface area (Å²) in [6, 6.07) is 28.6. The van der Waals surface area contributed by atoms with Gasteiger partial charge in [-0.05, 0) is 53.5 Å². The van der Waals surface area contributed by atoms with Crippen LogP contribution in [0, 0.1) is 0 Å². The van der Waals surface area contributed by atoms with Crippen LogP contribution >= 0.6 is 34.9 Å². The van der Waals surface area contributed by atoms with Crippen molar-refractivity contribution in [2.24, 2.45) is 5.16 Å². The largest absolute Gasteiger partial charge is 0.477 e. The van der Waals surface area contributed by atoms with Crippen LogP contribution in [-0.4, -0.2) is 99.9 Å². The van der Waals surface area contributed by atoms with Crippen molar-refractivity contribution >= 4 is 69.5 Å². The minimum atomic E-state index is -1.30. The van der Waals surface area contributed by atoms with Gasteiger partial charge >= 0.3 is 11.9 Å². The van der Waals surface area contributed by atoms with Gasteiger partial charge in [-0.15, -0.1) is 27.9 Å². The van der Waals surface area contributed by atoms with E-state index in [2.05, 4.69) is 31.3 Å². The molecule has 2 aliphatic heterocycles. The van der Waals surface area contributed by atoms with Crippen molar-refractivity contribution in [2.45, 2.75) is 48.5 Å². The molecule has 0 saturated carbocycles. The highest BCUT2D eigenvalue weighted by Crippen LogP contribution is 2.42. The van der Waals surface area contributed by atoms with E-state index >= 15 is 0 Å². The van der Waals surface area contributed by atoms with E-state index in [0.29, 0.717) is 10.7 Å². The molecule has 0 bridgehead atoms. The summed E-state index contributed by atoms with van der Waals surface area (Å²) in [6.07, 6.45) is 0. The molecule has 0 aliphatic carbocycles. The molecular weight excluding hydrogens is 817 g/mol. The number of amides is 2. The lowest BCUT2D eigenvalue weighted by Crippen LogP contribution is -2.71. The zero-order valence-electron chi connectivity index (χ0n) is 31.8. The number of carbonyl (C=O) groups excluding carboxylic acids is 3. The number of nitrogens with one attached hydrogen (secondary N) is 2. The quantitative estimate of drug-likeness (QED) is 0.0223. The Labute approximate surface area is 350 Å². The molecule has 0 radical (unpaired) electrons. The van der Waals surface area contributed by atoms with E-state index in [1.54, 1.807) is 26.2 Å². The summed E-state index contributed by atoms with van der Waals surface area (Å²) < 4.78 is 5.34. The molecule has 2 atom stereocenters. The van der Waals surface area contributed by atoms with E-state index < -0.39 is 52.9 Å². The number of nitrogens with two attached hydrogens (primary N) is 1. The lowest BCUT2D eigenvalue weighted by molar-refractivity contribution is -0.160. The summed E-state index contributed by atoms with van der Waals surface area (Å²) in [5, 5.41) is 33.0. The Morgan fingerprint density at radius 1 is 0.983 bits per heavy atom. The van der Waals surface area contributed by atoms with Crippen molar-refractivity contribution in [2.75, 3.05) is 29.3 Å². The van der Waals surface area contributed by atoms with Gasteiger partial charge in [0.2, 0.25) is 11.8 Å². The molecular formula is C39H38N10O7S3. The molecule has 0 spiro atoms. The van der Waals surface area contributed by atoms with Gasteiger partial charge in [0.15, 0.2) is 10.8 Å². The maximum Gasteiger partial charge on any atom is 0.352 e. The Bertz CT molecular complexity index is 2310. The van der Waals surface area contributed by atoms with Crippen LogP contribution in [-0.2, 0) is 34.3 Å². The fourth-order valence-corrected chi connectivity index (χ4v) is 9.57. The summed E-state index contributed by atoms with van der Waals surface area (Å²) >= 11 is 3.62. The molecule has 2 aromatic heterocycles. The van der Waals surface area contributed by atoms with Crippen LogP contribution in [0.25, 0.3) is 0 Å². The minimum Gasteiger partial charge on any atom is -0.477 e. The maximum atomic E-state index is 14.1. The van der Waals surface area contributed by atoms with Crippen molar-refractivity contribution in [3.05, 3.63) is 130 Å². The van der Waals surface area contributed by atoms with Crippen LogP contribution in [0.4, 0.5) is 5.13 Å². The van der Waals surface area contributed by atoms with Crippen LogP contribution in [0.5, 0.6) is 0 Å². The number of nitrogens with zero attached hydrogens (tertiary/aromatic N) is 7. The average Bonchev–Trinajstić information content (AvgIpc) is 3.87. The molecule has 5 N–H and O–H groups in total. The average molecular weight is 855 g/mol. The Kier molecular flexibility index (Phi) is 12.0. The van der Waals surface area contributed by atoms with Gasteiger partial charge in [0.1, 0.15) is 33.9 Å². The first-order valence-corrected chi connectivity index (χ1v) is 21.0. The number of carboxylic acids is 1. The molecule has 1 fully saturated rings. The number of esters is 1. The molecule has 1 saturated heterocycles. The number of β-lactam (4-membered cyclic amide) rings is 1. The first-order valence-electron chi connectivity index (χ1n) is 18.1. The zero-order chi connectivity index (χ0) is 41.7. The molecule has 17 nitrogen and oxygen atoms in total. The molecule has 2 aliphatic rings. The SMILES string of the molecule is CC(C)(C)OC(=O)CO/N=C(/C(=O)N[C@@H]1C(=O)N2C(C(=O)O)=C(CSc3nnnn3N)CS[C@H]12)c1csc(NC(c2ccccc2)(c2ccccc2)c2ccccc2)n1. The summed E-state index contributed by atoms with van der Waals surface area (Å²) in [5.74, 6) is 2.63.